The molecule has 0 N–H and O–H groups in total. The van der Waals surface area contributed by atoms with Crippen LogP contribution in [0.3, 0.4) is 0 Å². The minimum atomic E-state index is -0.472. The van der Waals surface area contributed by atoms with Crippen LogP contribution in [0.15, 0.2) is 54.6 Å². The molecule has 172 valence electrons. The van der Waals surface area contributed by atoms with E-state index in [-0.39, 0.29) is 23.9 Å². The van der Waals surface area contributed by atoms with Crippen molar-refractivity contribution in [3.8, 4) is 0 Å². The van der Waals surface area contributed by atoms with Gasteiger partial charge in [0.25, 0.3) is 0 Å². The fraction of sp³-hybridized carbons (Fsp3) is 0.240. The van der Waals surface area contributed by atoms with Crippen molar-refractivity contribution in [3.05, 3.63) is 97.2 Å². The predicted octanol–water partition coefficient (Wildman–Crippen LogP) is 7.38. The van der Waals surface area contributed by atoms with E-state index in [0.29, 0.717) is 39.7 Å². The summed E-state index contributed by atoms with van der Waals surface area (Å²) in [4.78, 5) is 17.1. The van der Waals surface area contributed by atoms with Crippen LogP contribution in [0, 0.1) is 12.7 Å². The molecule has 1 unspecified atom stereocenters. The van der Waals surface area contributed by atoms with E-state index in [0.717, 1.165) is 16.8 Å². The topological polar surface area (TPSA) is 23.6 Å². The van der Waals surface area contributed by atoms with Gasteiger partial charge in [0.05, 0.1) is 28.2 Å². The van der Waals surface area contributed by atoms with Gasteiger partial charge in [0, 0.05) is 35.2 Å². The van der Waals surface area contributed by atoms with Crippen LogP contribution in [-0.2, 0) is 11.2 Å². The van der Waals surface area contributed by atoms with E-state index < -0.39 is 5.82 Å². The smallest absolute Gasteiger partial charge is 0.227 e. The maximum Gasteiger partial charge on any atom is 0.227 e. The number of halogens is 5. The van der Waals surface area contributed by atoms with E-state index in [2.05, 4.69) is 4.90 Å². The number of hydrogen-bond donors (Lipinski definition) is 0. The van der Waals surface area contributed by atoms with E-state index in [1.54, 1.807) is 30.0 Å². The molecule has 1 aliphatic heterocycles. The lowest BCUT2D eigenvalue weighted by Gasteiger charge is -2.43. The van der Waals surface area contributed by atoms with Crippen LogP contribution in [0.1, 0.15) is 22.7 Å². The Morgan fingerprint density at radius 3 is 2.36 bits per heavy atom. The monoisotopic (exact) mass is 524 g/mol. The molecular weight excluding hydrogens is 505 g/mol. The lowest BCUT2D eigenvalue weighted by molar-refractivity contribution is -0.131. The first-order valence-corrected chi connectivity index (χ1v) is 11.9. The number of benzene rings is 3. The molecule has 4 rings (SSSR count). The highest BCUT2D eigenvalue weighted by Gasteiger charge is 2.32. The summed E-state index contributed by atoms with van der Waals surface area (Å²) in [6.45, 7) is 3.21. The van der Waals surface area contributed by atoms with Crippen LogP contribution in [0.2, 0.25) is 20.1 Å². The first-order chi connectivity index (χ1) is 15.7. The van der Waals surface area contributed by atoms with Gasteiger partial charge in [0.15, 0.2) is 0 Å². The third kappa shape index (κ3) is 5.25. The third-order valence-corrected chi connectivity index (χ3v) is 7.23. The molecule has 3 aromatic rings. The van der Waals surface area contributed by atoms with Crippen LogP contribution in [0.25, 0.3) is 0 Å². The van der Waals surface area contributed by atoms with Gasteiger partial charge in [-0.2, -0.15) is 0 Å². The highest BCUT2D eigenvalue weighted by molar-refractivity contribution is 6.36. The lowest BCUT2D eigenvalue weighted by atomic mass is 10.00. The molecule has 0 spiro atoms. The summed E-state index contributed by atoms with van der Waals surface area (Å²) in [5.41, 5.74) is 2.79. The zero-order chi connectivity index (χ0) is 23.7. The van der Waals surface area contributed by atoms with Gasteiger partial charge in [0.2, 0.25) is 5.91 Å². The molecule has 1 aliphatic rings. The molecule has 1 saturated heterocycles. The average Bonchev–Trinajstić information content (AvgIpc) is 2.79. The number of carbonyl (C=O) groups excluding carboxylic acids is 1. The molecule has 3 nitrogen and oxygen atoms in total. The summed E-state index contributed by atoms with van der Waals surface area (Å²) >= 11 is 25.0. The van der Waals surface area contributed by atoms with Crippen LogP contribution < -0.4 is 4.90 Å². The van der Waals surface area contributed by atoms with Gasteiger partial charge in [0.1, 0.15) is 5.82 Å². The van der Waals surface area contributed by atoms with Gasteiger partial charge in [-0.15, -0.1) is 0 Å². The van der Waals surface area contributed by atoms with Crippen molar-refractivity contribution in [1.82, 2.24) is 4.90 Å². The molecule has 0 aliphatic carbocycles. The van der Waals surface area contributed by atoms with E-state index in [4.69, 9.17) is 46.4 Å². The molecule has 0 radical (unpaired) electrons. The lowest BCUT2D eigenvalue weighted by Crippen LogP contribution is -2.51. The maximum absolute atomic E-state index is 14.4. The Balaban J connectivity index is 1.63. The van der Waals surface area contributed by atoms with Gasteiger partial charge in [-0.05, 0) is 54.4 Å². The Bertz CT molecular complexity index is 1190. The largest absolute Gasteiger partial charge is 0.360 e. The van der Waals surface area contributed by atoms with Gasteiger partial charge >= 0.3 is 0 Å². The highest BCUT2D eigenvalue weighted by Crippen LogP contribution is 2.37. The molecule has 0 saturated carbocycles. The highest BCUT2D eigenvalue weighted by atomic mass is 35.5. The summed E-state index contributed by atoms with van der Waals surface area (Å²) in [7, 11) is 0. The predicted molar refractivity (Wildman–Crippen MR) is 134 cm³/mol. The molecule has 1 fully saturated rings. The van der Waals surface area contributed by atoms with Crippen molar-refractivity contribution in [2.45, 2.75) is 19.4 Å². The second kappa shape index (κ2) is 10.1. The van der Waals surface area contributed by atoms with Crippen molar-refractivity contribution in [3.63, 3.8) is 0 Å². The second-order valence-electron chi connectivity index (χ2n) is 8.03. The van der Waals surface area contributed by atoms with E-state index >= 15 is 0 Å². The Morgan fingerprint density at radius 2 is 1.67 bits per heavy atom. The van der Waals surface area contributed by atoms with Gasteiger partial charge in [-0.1, -0.05) is 64.6 Å². The number of carbonyl (C=O) groups is 1. The fourth-order valence-electron chi connectivity index (χ4n) is 4.12. The number of amides is 1. The van der Waals surface area contributed by atoms with Crippen LogP contribution in [0.4, 0.5) is 10.1 Å². The van der Waals surface area contributed by atoms with Crippen molar-refractivity contribution < 1.29 is 9.18 Å². The van der Waals surface area contributed by atoms with Crippen LogP contribution in [0.5, 0.6) is 0 Å². The van der Waals surface area contributed by atoms with Crippen molar-refractivity contribution in [1.29, 1.82) is 0 Å². The standard InChI is InChI=1S/C25H21Cl4FN2O/c1-15-2-8-21(30)19(25(15)29)13-24(33)31-10-11-32(22-9-7-18(27)12-20(22)28)23(14-31)16-3-5-17(26)6-4-16/h2-9,12,23H,10-11,13-14H2,1H3. The minimum Gasteiger partial charge on any atom is -0.360 e. The van der Waals surface area contributed by atoms with E-state index in [1.807, 2.05) is 30.3 Å². The Morgan fingerprint density at radius 1 is 0.970 bits per heavy atom. The Hall–Kier alpha value is -1.98. The first kappa shape index (κ1) is 24.2. The minimum absolute atomic E-state index is 0.0958. The molecule has 3 aromatic carbocycles. The number of anilines is 1. The van der Waals surface area contributed by atoms with E-state index in [1.165, 1.54) is 6.07 Å². The van der Waals surface area contributed by atoms with Gasteiger partial charge in [-0.25, -0.2) is 4.39 Å². The molecule has 1 heterocycles. The number of hydrogen-bond acceptors (Lipinski definition) is 2. The summed E-state index contributed by atoms with van der Waals surface area (Å²) in [5, 5.41) is 2.01. The fourth-order valence-corrected chi connectivity index (χ4v) is 4.99. The Labute approximate surface area is 212 Å². The summed E-state index contributed by atoms with van der Waals surface area (Å²) in [5.74, 6) is -0.651. The number of piperazine rings is 1. The zero-order valence-electron chi connectivity index (χ0n) is 17.8. The van der Waals surface area contributed by atoms with E-state index in [9.17, 15) is 9.18 Å². The molecule has 33 heavy (non-hydrogen) atoms. The SMILES string of the molecule is Cc1ccc(F)c(CC(=O)N2CCN(c3ccc(Cl)cc3Cl)C(c3ccc(Cl)cc3)C2)c1Cl. The van der Waals surface area contributed by atoms with Crippen LogP contribution in [-0.4, -0.2) is 30.4 Å². The second-order valence-corrected chi connectivity index (χ2v) is 9.69. The maximum atomic E-state index is 14.4. The summed E-state index contributed by atoms with van der Waals surface area (Å²) in [6, 6.07) is 15.7. The zero-order valence-corrected chi connectivity index (χ0v) is 20.8. The van der Waals surface area contributed by atoms with Crippen molar-refractivity contribution in [2.24, 2.45) is 0 Å². The number of aryl methyl sites for hydroxylation is 1. The summed E-state index contributed by atoms with van der Waals surface area (Å²) in [6.07, 6.45) is -0.0958. The number of nitrogens with zero attached hydrogens (tertiary/aromatic N) is 2. The molecule has 1 atom stereocenters. The molecule has 8 heteroatoms. The van der Waals surface area contributed by atoms with Crippen molar-refractivity contribution >= 4 is 58.0 Å². The molecule has 1 amide bonds. The number of rotatable bonds is 4. The molecule has 0 bridgehead atoms. The molecular formula is C25H21Cl4FN2O. The van der Waals surface area contributed by atoms with Crippen molar-refractivity contribution in [2.75, 3.05) is 24.5 Å². The normalized spacial score (nSPS) is 16.2. The first-order valence-electron chi connectivity index (χ1n) is 10.4. The van der Waals surface area contributed by atoms with Crippen LogP contribution >= 0.6 is 46.4 Å². The van der Waals surface area contributed by atoms with Gasteiger partial charge in [-0.3, -0.25) is 4.79 Å². The molecule has 0 aromatic heterocycles. The average molecular weight is 526 g/mol. The summed E-state index contributed by atoms with van der Waals surface area (Å²) < 4.78 is 14.4. The van der Waals surface area contributed by atoms with Gasteiger partial charge < -0.3 is 9.80 Å². The Kier molecular flexibility index (Phi) is 7.40. The third-order valence-electron chi connectivity index (χ3n) is 5.91. The quantitative estimate of drug-likeness (QED) is 0.354.